The van der Waals surface area contributed by atoms with E-state index in [-0.39, 0.29) is 5.69 Å². The molecule has 2 N–H and O–H groups in total. The number of pyridine rings is 1. The molecule has 0 aromatic carbocycles. The zero-order chi connectivity index (χ0) is 8.43. The van der Waals surface area contributed by atoms with Crippen LogP contribution in [0.2, 0.25) is 0 Å². The number of hydrogen-bond donors (Lipinski definition) is 1. The number of nitrogen functional groups attached to an aromatic ring is 1. The SMILES string of the molecule is Cc1cc(C(F)F)ncc1N. The van der Waals surface area contributed by atoms with Gasteiger partial charge in [0.2, 0.25) is 0 Å². The van der Waals surface area contributed by atoms with Crippen molar-refractivity contribution in [2.45, 2.75) is 13.3 Å². The van der Waals surface area contributed by atoms with Gasteiger partial charge in [0, 0.05) is 0 Å². The van der Waals surface area contributed by atoms with Crippen molar-refractivity contribution in [1.29, 1.82) is 0 Å². The lowest BCUT2D eigenvalue weighted by atomic mass is 10.2. The molecule has 0 aliphatic rings. The van der Waals surface area contributed by atoms with Gasteiger partial charge in [-0.1, -0.05) is 0 Å². The van der Waals surface area contributed by atoms with E-state index < -0.39 is 6.43 Å². The molecule has 0 spiro atoms. The molecule has 0 saturated heterocycles. The second kappa shape index (κ2) is 2.82. The molecule has 1 aromatic rings. The summed E-state index contributed by atoms with van der Waals surface area (Å²) in [6, 6.07) is 1.29. The van der Waals surface area contributed by atoms with Crippen LogP contribution in [0.15, 0.2) is 12.3 Å². The maximum atomic E-state index is 12.0. The van der Waals surface area contributed by atoms with Gasteiger partial charge in [0.25, 0.3) is 6.43 Å². The third-order valence-corrected chi connectivity index (χ3v) is 1.40. The number of nitrogens with two attached hydrogens (primary N) is 1. The Hall–Kier alpha value is -1.19. The fourth-order valence-electron chi connectivity index (χ4n) is 0.708. The molecule has 1 rings (SSSR count). The Balaban J connectivity index is 3.05. The zero-order valence-corrected chi connectivity index (χ0v) is 6.01. The van der Waals surface area contributed by atoms with Crippen molar-refractivity contribution >= 4 is 5.69 Å². The average molecular weight is 158 g/mol. The maximum absolute atomic E-state index is 12.0. The number of halogens is 2. The van der Waals surface area contributed by atoms with Gasteiger partial charge in [-0.2, -0.15) is 0 Å². The Morgan fingerprint density at radius 2 is 2.18 bits per heavy atom. The Morgan fingerprint density at radius 3 is 2.64 bits per heavy atom. The molecular formula is C7H8F2N2. The minimum Gasteiger partial charge on any atom is -0.397 e. The van der Waals surface area contributed by atoms with Crippen molar-refractivity contribution in [3.05, 3.63) is 23.5 Å². The van der Waals surface area contributed by atoms with Crippen LogP contribution in [0.4, 0.5) is 14.5 Å². The van der Waals surface area contributed by atoms with Crippen LogP contribution in [0.5, 0.6) is 0 Å². The molecule has 11 heavy (non-hydrogen) atoms. The standard InChI is InChI=1S/C7H8F2N2/c1-4-2-6(7(8)9)11-3-5(4)10/h2-3,7H,10H2,1H3. The van der Waals surface area contributed by atoms with Gasteiger partial charge in [-0.25, -0.2) is 8.78 Å². The van der Waals surface area contributed by atoms with Crippen LogP contribution in [0.1, 0.15) is 17.7 Å². The predicted molar refractivity (Wildman–Crippen MR) is 38.3 cm³/mol. The van der Waals surface area contributed by atoms with E-state index in [9.17, 15) is 8.78 Å². The number of aryl methyl sites for hydroxylation is 1. The Kier molecular flexibility index (Phi) is 2.03. The predicted octanol–water partition coefficient (Wildman–Crippen LogP) is 1.91. The average Bonchev–Trinajstić information content (AvgIpc) is 1.94. The number of rotatable bonds is 1. The Morgan fingerprint density at radius 1 is 1.55 bits per heavy atom. The summed E-state index contributed by atoms with van der Waals surface area (Å²) in [5, 5.41) is 0. The summed E-state index contributed by atoms with van der Waals surface area (Å²) in [5.41, 5.74) is 6.23. The molecule has 1 heterocycles. The van der Waals surface area contributed by atoms with Gasteiger partial charge >= 0.3 is 0 Å². The van der Waals surface area contributed by atoms with E-state index in [1.807, 2.05) is 0 Å². The lowest BCUT2D eigenvalue weighted by Crippen LogP contribution is -1.95. The molecule has 0 amide bonds. The number of alkyl halides is 2. The first kappa shape index (κ1) is 7.91. The van der Waals surface area contributed by atoms with Gasteiger partial charge in [-0.3, -0.25) is 4.98 Å². The topological polar surface area (TPSA) is 38.9 Å². The van der Waals surface area contributed by atoms with Crippen LogP contribution in [0.25, 0.3) is 0 Å². The minimum absolute atomic E-state index is 0.225. The quantitative estimate of drug-likeness (QED) is 0.678. The summed E-state index contributed by atoms with van der Waals surface area (Å²) in [7, 11) is 0. The molecule has 4 heteroatoms. The highest BCUT2D eigenvalue weighted by molar-refractivity contribution is 5.44. The van der Waals surface area contributed by atoms with Crippen molar-refractivity contribution in [2.24, 2.45) is 0 Å². The number of hydrogen-bond acceptors (Lipinski definition) is 2. The molecule has 0 bridgehead atoms. The molecule has 60 valence electrons. The summed E-state index contributed by atoms with van der Waals surface area (Å²) >= 11 is 0. The first-order valence-corrected chi connectivity index (χ1v) is 3.11. The molecule has 0 fully saturated rings. The zero-order valence-electron chi connectivity index (χ0n) is 6.01. The lowest BCUT2D eigenvalue weighted by Gasteiger charge is -2.01. The summed E-state index contributed by atoms with van der Waals surface area (Å²) in [6.07, 6.45) is -1.27. The highest BCUT2D eigenvalue weighted by atomic mass is 19.3. The van der Waals surface area contributed by atoms with Gasteiger partial charge in [0.15, 0.2) is 0 Å². The lowest BCUT2D eigenvalue weighted by molar-refractivity contribution is 0.146. The largest absolute Gasteiger partial charge is 0.397 e. The van der Waals surface area contributed by atoms with Crippen molar-refractivity contribution < 1.29 is 8.78 Å². The maximum Gasteiger partial charge on any atom is 0.280 e. The second-order valence-electron chi connectivity index (χ2n) is 2.27. The van der Waals surface area contributed by atoms with Crippen LogP contribution in [0.3, 0.4) is 0 Å². The van der Waals surface area contributed by atoms with E-state index in [0.717, 1.165) is 0 Å². The molecule has 0 aliphatic heterocycles. The third-order valence-electron chi connectivity index (χ3n) is 1.40. The van der Waals surface area contributed by atoms with E-state index in [1.165, 1.54) is 12.3 Å². The summed E-state index contributed by atoms with van der Waals surface area (Å²) < 4.78 is 24.0. The number of aromatic nitrogens is 1. The molecule has 2 nitrogen and oxygen atoms in total. The highest BCUT2D eigenvalue weighted by Gasteiger charge is 2.08. The fraction of sp³-hybridized carbons (Fsp3) is 0.286. The van der Waals surface area contributed by atoms with Gasteiger partial charge in [0.05, 0.1) is 11.9 Å². The molecule has 0 atom stereocenters. The third kappa shape index (κ3) is 1.63. The van der Waals surface area contributed by atoms with Crippen molar-refractivity contribution in [3.63, 3.8) is 0 Å². The van der Waals surface area contributed by atoms with Crippen molar-refractivity contribution in [3.8, 4) is 0 Å². The van der Waals surface area contributed by atoms with E-state index in [0.29, 0.717) is 11.3 Å². The van der Waals surface area contributed by atoms with E-state index in [1.54, 1.807) is 6.92 Å². The molecule has 1 aromatic heterocycles. The normalized spacial score (nSPS) is 10.5. The van der Waals surface area contributed by atoms with E-state index >= 15 is 0 Å². The minimum atomic E-state index is -2.52. The summed E-state index contributed by atoms with van der Waals surface area (Å²) in [6.45, 7) is 1.67. The highest BCUT2D eigenvalue weighted by Crippen LogP contribution is 2.19. The number of nitrogens with zero attached hydrogens (tertiary/aromatic N) is 1. The van der Waals surface area contributed by atoms with Gasteiger partial charge in [-0.05, 0) is 18.6 Å². The summed E-state index contributed by atoms with van der Waals surface area (Å²) in [5.74, 6) is 0. The van der Waals surface area contributed by atoms with E-state index in [4.69, 9.17) is 5.73 Å². The van der Waals surface area contributed by atoms with Crippen LogP contribution in [0, 0.1) is 6.92 Å². The molecule has 0 saturated carbocycles. The smallest absolute Gasteiger partial charge is 0.280 e. The van der Waals surface area contributed by atoms with Gasteiger partial charge in [-0.15, -0.1) is 0 Å². The van der Waals surface area contributed by atoms with Crippen LogP contribution in [-0.4, -0.2) is 4.98 Å². The van der Waals surface area contributed by atoms with Crippen LogP contribution < -0.4 is 5.73 Å². The molecular weight excluding hydrogens is 150 g/mol. The Bertz CT molecular complexity index is 261. The van der Waals surface area contributed by atoms with Crippen molar-refractivity contribution in [1.82, 2.24) is 4.98 Å². The monoisotopic (exact) mass is 158 g/mol. The van der Waals surface area contributed by atoms with Gasteiger partial charge in [0.1, 0.15) is 5.69 Å². The first-order chi connectivity index (χ1) is 5.11. The van der Waals surface area contributed by atoms with Crippen molar-refractivity contribution in [2.75, 3.05) is 5.73 Å². The molecule has 0 radical (unpaired) electrons. The fourth-order valence-corrected chi connectivity index (χ4v) is 0.708. The molecule has 0 aliphatic carbocycles. The second-order valence-corrected chi connectivity index (χ2v) is 2.27. The summed E-state index contributed by atoms with van der Waals surface area (Å²) in [4.78, 5) is 3.46. The van der Waals surface area contributed by atoms with E-state index in [2.05, 4.69) is 4.98 Å². The Labute approximate surface area is 63.1 Å². The number of anilines is 1. The van der Waals surface area contributed by atoms with Crippen LogP contribution >= 0.6 is 0 Å². The first-order valence-electron chi connectivity index (χ1n) is 3.11. The van der Waals surface area contributed by atoms with Crippen LogP contribution in [-0.2, 0) is 0 Å². The van der Waals surface area contributed by atoms with Gasteiger partial charge < -0.3 is 5.73 Å². The molecule has 0 unspecified atom stereocenters.